The van der Waals surface area contributed by atoms with Gasteiger partial charge in [0, 0.05) is 23.5 Å². The average Bonchev–Trinajstić information content (AvgIpc) is 3.44. The zero-order chi connectivity index (χ0) is 22.1. The third kappa shape index (κ3) is 4.04. The van der Waals surface area contributed by atoms with E-state index < -0.39 is 0 Å². The van der Waals surface area contributed by atoms with Gasteiger partial charge in [-0.2, -0.15) is 0 Å². The van der Waals surface area contributed by atoms with Crippen molar-refractivity contribution in [2.75, 3.05) is 17.2 Å². The van der Waals surface area contributed by atoms with Crippen molar-refractivity contribution in [1.29, 1.82) is 0 Å². The molecule has 0 saturated heterocycles. The molecule has 0 radical (unpaired) electrons. The minimum Gasteiger partial charge on any atom is -0.311 e. The van der Waals surface area contributed by atoms with Gasteiger partial charge in [0.2, 0.25) is 5.91 Å². The van der Waals surface area contributed by atoms with Crippen LogP contribution in [0.2, 0.25) is 10.0 Å². The van der Waals surface area contributed by atoms with Crippen molar-refractivity contribution in [2.24, 2.45) is 0 Å². The summed E-state index contributed by atoms with van der Waals surface area (Å²) in [5.41, 5.74) is 4.99. The highest BCUT2D eigenvalue weighted by atomic mass is 35.5. The number of anilines is 1. The van der Waals surface area contributed by atoms with Crippen molar-refractivity contribution in [2.45, 2.75) is 11.6 Å². The molecule has 0 aliphatic carbocycles. The maximum Gasteiger partial charge on any atom is 0.237 e. The van der Waals surface area contributed by atoms with Crippen LogP contribution in [0.4, 0.5) is 5.69 Å². The summed E-state index contributed by atoms with van der Waals surface area (Å²) < 4.78 is 2.05. The van der Waals surface area contributed by atoms with E-state index in [4.69, 9.17) is 23.2 Å². The third-order valence-corrected chi connectivity index (χ3v) is 7.15. The molecule has 2 heterocycles. The van der Waals surface area contributed by atoms with Crippen molar-refractivity contribution < 1.29 is 4.79 Å². The lowest BCUT2D eigenvalue weighted by Gasteiger charge is -2.17. The molecule has 0 unspecified atom stereocenters. The van der Waals surface area contributed by atoms with Gasteiger partial charge in [-0.15, -0.1) is 0 Å². The number of para-hydroxylation sites is 2. The lowest BCUT2D eigenvalue weighted by molar-refractivity contribution is -0.116. The second-order valence-corrected chi connectivity index (χ2v) is 9.20. The average molecular weight is 480 g/mol. The predicted molar refractivity (Wildman–Crippen MR) is 132 cm³/mol. The number of fused-ring (bicyclic) bond motifs is 1. The second kappa shape index (κ2) is 9.02. The number of hydrogen-bond acceptors (Lipinski definition) is 3. The van der Waals surface area contributed by atoms with Gasteiger partial charge in [0.05, 0.1) is 27.7 Å². The molecule has 160 valence electrons. The fraction of sp³-hybridized carbons (Fsp3) is 0.120. The molecular weight excluding hydrogens is 461 g/mol. The lowest BCUT2D eigenvalue weighted by Crippen LogP contribution is -2.30. The van der Waals surface area contributed by atoms with Gasteiger partial charge in [-0.25, -0.2) is 4.98 Å². The monoisotopic (exact) mass is 479 g/mol. The van der Waals surface area contributed by atoms with Crippen LogP contribution in [0.15, 0.2) is 84.1 Å². The molecule has 1 aliphatic rings. The number of hydrogen-bond donors (Lipinski definition) is 0. The molecule has 1 aromatic heterocycles. The molecule has 4 nitrogen and oxygen atoms in total. The lowest BCUT2D eigenvalue weighted by atomic mass is 10.1. The van der Waals surface area contributed by atoms with Gasteiger partial charge in [0.1, 0.15) is 0 Å². The largest absolute Gasteiger partial charge is 0.311 e. The molecule has 1 aliphatic heterocycles. The first kappa shape index (κ1) is 21.1. The SMILES string of the molecule is O=C(CSc1ncc(-c2ccc(Cl)c(Cl)c2)n1-c1ccccc1)N1CCc2ccccc21. The first-order chi connectivity index (χ1) is 15.6. The van der Waals surface area contributed by atoms with Gasteiger partial charge in [0.25, 0.3) is 0 Å². The summed E-state index contributed by atoms with van der Waals surface area (Å²) in [7, 11) is 0. The van der Waals surface area contributed by atoms with Gasteiger partial charge >= 0.3 is 0 Å². The fourth-order valence-electron chi connectivity index (χ4n) is 3.92. The molecule has 0 bridgehead atoms. The first-order valence-electron chi connectivity index (χ1n) is 10.2. The maximum atomic E-state index is 13.0. The molecule has 0 N–H and O–H groups in total. The Hall–Kier alpha value is -2.73. The molecule has 4 aromatic rings. The molecular formula is C25H19Cl2N3OS. The van der Waals surface area contributed by atoms with Gasteiger partial charge in [-0.05, 0) is 42.3 Å². The van der Waals surface area contributed by atoms with Crippen molar-refractivity contribution in [3.8, 4) is 16.9 Å². The van der Waals surface area contributed by atoms with Crippen LogP contribution in [0.25, 0.3) is 16.9 Å². The van der Waals surface area contributed by atoms with Crippen LogP contribution in [0, 0.1) is 0 Å². The number of aromatic nitrogens is 2. The first-order valence-corrected chi connectivity index (χ1v) is 12.0. The van der Waals surface area contributed by atoms with Gasteiger partial charge in [0.15, 0.2) is 5.16 Å². The molecule has 0 fully saturated rings. The summed E-state index contributed by atoms with van der Waals surface area (Å²) in [5, 5.41) is 1.74. The summed E-state index contributed by atoms with van der Waals surface area (Å²) in [5.74, 6) is 0.387. The smallest absolute Gasteiger partial charge is 0.237 e. The summed E-state index contributed by atoms with van der Waals surface area (Å²) in [6.07, 6.45) is 2.71. The Labute approximate surface area is 200 Å². The van der Waals surface area contributed by atoms with E-state index in [-0.39, 0.29) is 5.91 Å². The summed E-state index contributed by atoms with van der Waals surface area (Å²) in [4.78, 5) is 19.5. The van der Waals surface area contributed by atoms with Crippen molar-refractivity contribution in [3.63, 3.8) is 0 Å². The van der Waals surface area contributed by atoms with E-state index in [9.17, 15) is 4.79 Å². The molecule has 3 aromatic carbocycles. The molecule has 5 rings (SSSR count). The van der Waals surface area contributed by atoms with E-state index in [1.165, 1.54) is 17.3 Å². The van der Waals surface area contributed by atoms with Crippen LogP contribution < -0.4 is 4.90 Å². The van der Waals surface area contributed by atoms with E-state index in [0.717, 1.165) is 40.8 Å². The molecule has 32 heavy (non-hydrogen) atoms. The number of thioether (sulfide) groups is 1. The van der Waals surface area contributed by atoms with Crippen LogP contribution >= 0.6 is 35.0 Å². The van der Waals surface area contributed by atoms with E-state index in [0.29, 0.717) is 15.8 Å². The van der Waals surface area contributed by atoms with Crippen molar-refractivity contribution in [1.82, 2.24) is 9.55 Å². The fourth-order valence-corrected chi connectivity index (χ4v) is 5.09. The van der Waals surface area contributed by atoms with E-state index in [1.807, 2.05) is 71.8 Å². The number of imidazole rings is 1. The Balaban J connectivity index is 1.45. The topological polar surface area (TPSA) is 38.1 Å². The van der Waals surface area contributed by atoms with Gasteiger partial charge in [-0.1, -0.05) is 77.4 Å². The molecule has 7 heteroatoms. The Morgan fingerprint density at radius 3 is 2.56 bits per heavy atom. The quantitative estimate of drug-likeness (QED) is 0.305. The highest BCUT2D eigenvalue weighted by Crippen LogP contribution is 2.34. The predicted octanol–water partition coefficient (Wildman–Crippen LogP) is 6.53. The molecule has 0 atom stereocenters. The molecule has 1 amide bonds. The Morgan fingerprint density at radius 2 is 1.75 bits per heavy atom. The van der Waals surface area contributed by atoms with Crippen LogP contribution in [0.1, 0.15) is 5.56 Å². The number of carbonyl (C=O) groups excluding carboxylic acids is 1. The summed E-state index contributed by atoms with van der Waals surface area (Å²) in [6.45, 7) is 0.723. The molecule has 0 spiro atoms. The van der Waals surface area contributed by atoms with E-state index >= 15 is 0 Å². The molecule has 0 saturated carbocycles. The van der Waals surface area contributed by atoms with Crippen molar-refractivity contribution in [3.05, 3.63) is 94.6 Å². The van der Waals surface area contributed by atoms with E-state index in [1.54, 1.807) is 6.07 Å². The number of benzene rings is 3. The van der Waals surface area contributed by atoms with E-state index in [2.05, 4.69) is 15.6 Å². The number of carbonyl (C=O) groups is 1. The second-order valence-electron chi connectivity index (χ2n) is 7.44. The minimum atomic E-state index is 0.0821. The van der Waals surface area contributed by atoms with Crippen LogP contribution in [-0.2, 0) is 11.2 Å². The number of amides is 1. The van der Waals surface area contributed by atoms with Crippen LogP contribution in [0.3, 0.4) is 0 Å². The number of halogens is 2. The number of nitrogens with zero attached hydrogens (tertiary/aromatic N) is 3. The highest BCUT2D eigenvalue weighted by molar-refractivity contribution is 7.99. The Kier molecular flexibility index (Phi) is 5.96. The standard InChI is InChI=1S/C25H19Cl2N3OS/c26-20-11-10-18(14-21(20)27)23-15-28-25(30(23)19-7-2-1-3-8-19)32-16-24(31)29-13-12-17-6-4-5-9-22(17)29/h1-11,14-15H,12-13,16H2. The van der Waals surface area contributed by atoms with Crippen LogP contribution in [-0.4, -0.2) is 27.8 Å². The number of rotatable bonds is 5. The zero-order valence-corrected chi connectivity index (χ0v) is 19.4. The minimum absolute atomic E-state index is 0.0821. The zero-order valence-electron chi connectivity index (χ0n) is 17.0. The maximum absolute atomic E-state index is 13.0. The summed E-state index contributed by atoms with van der Waals surface area (Å²) >= 11 is 13.8. The van der Waals surface area contributed by atoms with Gasteiger partial charge in [-0.3, -0.25) is 9.36 Å². The van der Waals surface area contributed by atoms with Crippen molar-refractivity contribution >= 4 is 46.6 Å². The third-order valence-electron chi connectivity index (χ3n) is 5.47. The van der Waals surface area contributed by atoms with Gasteiger partial charge < -0.3 is 4.90 Å². The summed E-state index contributed by atoms with van der Waals surface area (Å²) in [6, 6.07) is 23.6. The van der Waals surface area contributed by atoms with Crippen LogP contribution in [0.5, 0.6) is 0 Å². The Morgan fingerprint density at radius 1 is 0.969 bits per heavy atom. The Bertz CT molecular complexity index is 1290. The highest BCUT2D eigenvalue weighted by Gasteiger charge is 2.25. The normalized spacial score (nSPS) is 12.8.